The molecule has 0 radical (unpaired) electrons. The van der Waals surface area contributed by atoms with E-state index < -0.39 is 5.97 Å². The standard InChI is InChI=1S/C25H25ClN2O5/c1-32-18-8-3-15(4-9-18)23-14-22(27-28(23)17-6-10-19(33-2)11-7-17)24(29)16-5-12-21(26)20(13-16)25(30)31/h3-4,6-8,10,13-14,18-19H,5,9,11-12H2,1-2H3,(H,30,31)/t18?,19-/m1/s1. The molecule has 0 saturated carbocycles. The Kier molecular flexibility index (Phi) is 6.93. The molecular weight excluding hydrogens is 444 g/mol. The number of carbonyl (C=O) groups excluding carboxylic acids is 1. The molecule has 1 heterocycles. The van der Waals surface area contributed by atoms with E-state index in [-0.39, 0.29) is 34.3 Å². The molecule has 0 aliphatic heterocycles. The van der Waals surface area contributed by atoms with Crippen LogP contribution in [0.5, 0.6) is 0 Å². The number of aromatic nitrogens is 2. The second kappa shape index (κ2) is 9.87. The van der Waals surface area contributed by atoms with Gasteiger partial charge in [-0.1, -0.05) is 42.0 Å². The fourth-order valence-electron chi connectivity index (χ4n) is 4.01. The zero-order valence-electron chi connectivity index (χ0n) is 18.5. The average molecular weight is 469 g/mol. The van der Waals surface area contributed by atoms with Gasteiger partial charge in [0.15, 0.2) is 0 Å². The number of carboxylic acids is 1. The van der Waals surface area contributed by atoms with Crippen LogP contribution in [-0.2, 0) is 14.3 Å². The molecular formula is C25H25ClN2O5. The fraction of sp³-hybridized carbons (Fsp3) is 0.320. The number of hydrogen-bond donors (Lipinski definition) is 1. The number of nitrogens with zero attached hydrogens (tertiary/aromatic N) is 2. The third-order valence-electron chi connectivity index (χ3n) is 5.94. The molecule has 1 unspecified atom stereocenters. The molecule has 2 atom stereocenters. The van der Waals surface area contributed by atoms with Crippen LogP contribution in [-0.4, -0.2) is 53.1 Å². The summed E-state index contributed by atoms with van der Waals surface area (Å²) in [4.78, 5) is 24.8. The van der Waals surface area contributed by atoms with E-state index in [1.807, 2.05) is 30.4 Å². The molecule has 7 nitrogen and oxygen atoms in total. The lowest BCUT2D eigenvalue weighted by Gasteiger charge is -2.18. The Morgan fingerprint density at radius 1 is 1.09 bits per heavy atom. The van der Waals surface area contributed by atoms with Gasteiger partial charge in [-0.3, -0.25) is 4.79 Å². The third-order valence-corrected chi connectivity index (χ3v) is 6.33. The molecule has 4 rings (SSSR count). The van der Waals surface area contributed by atoms with Crippen LogP contribution in [0.2, 0.25) is 0 Å². The topological polar surface area (TPSA) is 90.7 Å². The van der Waals surface area contributed by atoms with Crippen molar-refractivity contribution in [2.75, 3.05) is 14.2 Å². The molecule has 1 aromatic rings. The first-order valence-corrected chi connectivity index (χ1v) is 11.1. The molecule has 3 aliphatic rings. The molecule has 0 saturated heterocycles. The van der Waals surface area contributed by atoms with Gasteiger partial charge in [0.05, 0.1) is 29.2 Å². The highest BCUT2D eigenvalue weighted by Gasteiger charge is 2.26. The van der Waals surface area contributed by atoms with E-state index in [4.69, 9.17) is 21.1 Å². The van der Waals surface area contributed by atoms with Crippen molar-refractivity contribution in [3.63, 3.8) is 0 Å². The van der Waals surface area contributed by atoms with Crippen LogP contribution >= 0.6 is 11.6 Å². The SMILES string of the molecule is COC1C=CC(c2cc(C(=O)C3=CC(C(=O)O)=C(Cl)CC3)nn2C2=CC[C@H](OC)C=C2)=CC1. The normalized spacial score (nSPS) is 22.7. The summed E-state index contributed by atoms with van der Waals surface area (Å²) >= 11 is 6.05. The molecule has 0 fully saturated rings. The van der Waals surface area contributed by atoms with Gasteiger partial charge in [0, 0.05) is 24.8 Å². The maximum absolute atomic E-state index is 13.3. The largest absolute Gasteiger partial charge is 0.478 e. The van der Waals surface area contributed by atoms with Gasteiger partial charge < -0.3 is 14.6 Å². The molecule has 1 N–H and O–H groups in total. The van der Waals surface area contributed by atoms with Crippen LogP contribution in [0.3, 0.4) is 0 Å². The zero-order chi connectivity index (χ0) is 23.5. The maximum atomic E-state index is 13.3. The first kappa shape index (κ1) is 23.2. The van der Waals surface area contributed by atoms with E-state index in [9.17, 15) is 14.7 Å². The van der Waals surface area contributed by atoms with Crippen molar-refractivity contribution in [1.82, 2.24) is 9.78 Å². The highest BCUT2D eigenvalue weighted by Crippen LogP contribution is 2.31. The highest BCUT2D eigenvalue weighted by molar-refractivity contribution is 6.32. The summed E-state index contributed by atoms with van der Waals surface area (Å²) < 4.78 is 12.5. The van der Waals surface area contributed by atoms with Gasteiger partial charge >= 0.3 is 5.97 Å². The van der Waals surface area contributed by atoms with Crippen molar-refractivity contribution in [2.45, 2.75) is 37.9 Å². The number of aliphatic carboxylic acids is 1. The maximum Gasteiger partial charge on any atom is 0.336 e. The lowest BCUT2D eigenvalue weighted by molar-refractivity contribution is -0.132. The predicted molar refractivity (Wildman–Crippen MR) is 126 cm³/mol. The van der Waals surface area contributed by atoms with Gasteiger partial charge in [-0.05, 0) is 49.5 Å². The van der Waals surface area contributed by atoms with Gasteiger partial charge in [-0.25, -0.2) is 9.48 Å². The van der Waals surface area contributed by atoms with E-state index in [1.54, 1.807) is 25.0 Å². The second-order valence-corrected chi connectivity index (χ2v) is 8.43. The zero-order valence-corrected chi connectivity index (χ0v) is 19.2. The Morgan fingerprint density at radius 2 is 1.79 bits per heavy atom. The minimum Gasteiger partial charge on any atom is -0.478 e. The number of allylic oxidation sites excluding steroid dienone is 6. The Hall–Kier alpha value is -3.00. The number of carboxylic acid groups (broad SMARTS) is 1. The molecule has 0 bridgehead atoms. The average Bonchev–Trinajstić information content (AvgIpc) is 3.29. The van der Waals surface area contributed by atoms with Gasteiger partial charge in [-0.15, -0.1) is 0 Å². The number of ketones is 1. The summed E-state index contributed by atoms with van der Waals surface area (Å²) in [5.74, 6) is -1.45. The molecule has 1 aromatic heterocycles. The van der Waals surface area contributed by atoms with Gasteiger partial charge in [0.2, 0.25) is 5.78 Å². The van der Waals surface area contributed by atoms with E-state index in [2.05, 4.69) is 11.2 Å². The minimum atomic E-state index is -1.15. The second-order valence-electron chi connectivity index (χ2n) is 7.98. The van der Waals surface area contributed by atoms with E-state index in [0.717, 1.165) is 17.0 Å². The lowest BCUT2D eigenvalue weighted by atomic mass is 9.94. The first-order chi connectivity index (χ1) is 15.9. The third kappa shape index (κ3) is 4.85. The van der Waals surface area contributed by atoms with Gasteiger partial charge in [0.25, 0.3) is 0 Å². The number of methoxy groups -OCH3 is 2. The van der Waals surface area contributed by atoms with E-state index in [0.29, 0.717) is 31.3 Å². The number of ether oxygens (including phenoxy) is 2. The molecule has 0 spiro atoms. The Labute approximate surface area is 197 Å². The molecule has 0 aromatic carbocycles. The number of halogens is 1. The summed E-state index contributed by atoms with van der Waals surface area (Å²) in [5, 5.41) is 14.3. The van der Waals surface area contributed by atoms with Gasteiger partial charge in [-0.2, -0.15) is 5.10 Å². The van der Waals surface area contributed by atoms with E-state index in [1.165, 1.54) is 6.08 Å². The molecule has 33 heavy (non-hydrogen) atoms. The summed E-state index contributed by atoms with van der Waals surface area (Å²) in [6.45, 7) is 0. The summed E-state index contributed by atoms with van der Waals surface area (Å²) in [6, 6.07) is 1.75. The Morgan fingerprint density at radius 3 is 2.36 bits per heavy atom. The summed E-state index contributed by atoms with van der Waals surface area (Å²) in [5.41, 5.74) is 3.15. The lowest BCUT2D eigenvalue weighted by Crippen LogP contribution is -2.14. The Bertz CT molecular complexity index is 1110. The van der Waals surface area contributed by atoms with Gasteiger partial charge in [0.1, 0.15) is 5.69 Å². The van der Waals surface area contributed by atoms with Crippen molar-refractivity contribution >= 4 is 34.6 Å². The van der Waals surface area contributed by atoms with Crippen LogP contribution in [0.25, 0.3) is 11.3 Å². The predicted octanol–water partition coefficient (Wildman–Crippen LogP) is 4.54. The molecule has 8 heteroatoms. The number of hydrogen-bond acceptors (Lipinski definition) is 5. The van der Waals surface area contributed by atoms with Crippen molar-refractivity contribution < 1.29 is 24.2 Å². The highest BCUT2D eigenvalue weighted by atomic mass is 35.5. The molecule has 172 valence electrons. The van der Waals surface area contributed by atoms with Crippen molar-refractivity contribution in [3.05, 3.63) is 76.2 Å². The fourth-order valence-corrected chi connectivity index (χ4v) is 4.24. The van der Waals surface area contributed by atoms with Crippen LogP contribution in [0.4, 0.5) is 0 Å². The minimum absolute atomic E-state index is 0.00323. The summed E-state index contributed by atoms with van der Waals surface area (Å²) in [6.07, 6.45) is 15.4. The summed E-state index contributed by atoms with van der Waals surface area (Å²) in [7, 11) is 3.33. The smallest absolute Gasteiger partial charge is 0.336 e. The quantitative estimate of drug-likeness (QED) is 0.591. The van der Waals surface area contributed by atoms with Crippen molar-refractivity contribution in [1.29, 1.82) is 0 Å². The van der Waals surface area contributed by atoms with Crippen LogP contribution in [0.1, 0.15) is 41.9 Å². The van der Waals surface area contributed by atoms with Crippen molar-refractivity contribution in [2.24, 2.45) is 0 Å². The van der Waals surface area contributed by atoms with Crippen LogP contribution in [0, 0.1) is 0 Å². The van der Waals surface area contributed by atoms with E-state index >= 15 is 0 Å². The Balaban J connectivity index is 1.72. The first-order valence-electron chi connectivity index (χ1n) is 10.7. The van der Waals surface area contributed by atoms with Crippen molar-refractivity contribution in [3.8, 4) is 0 Å². The molecule has 0 amide bonds. The monoisotopic (exact) mass is 468 g/mol. The van der Waals surface area contributed by atoms with Crippen LogP contribution in [0.15, 0.2) is 64.8 Å². The number of rotatable bonds is 7. The number of Topliss-reactive ketones (excluding diaryl/α,β-unsaturated/α-hetero) is 1. The number of carbonyl (C=O) groups is 2. The molecule has 3 aliphatic carbocycles. The van der Waals surface area contributed by atoms with Crippen LogP contribution < -0.4 is 0 Å².